The van der Waals surface area contributed by atoms with Crippen LogP contribution in [0.3, 0.4) is 0 Å². The highest BCUT2D eigenvalue weighted by Gasteiger charge is 2.35. The molecular weight excluding hydrogens is 284 g/mol. The molecule has 1 aliphatic heterocycles. The summed E-state index contributed by atoms with van der Waals surface area (Å²) in [6.45, 7) is 0.859. The molecule has 6 heteroatoms. The highest BCUT2D eigenvalue weighted by Crippen LogP contribution is 2.24. The van der Waals surface area contributed by atoms with Gasteiger partial charge in [0.1, 0.15) is 0 Å². The monoisotopic (exact) mass is 300 g/mol. The van der Waals surface area contributed by atoms with Crippen LogP contribution < -0.4 is 5.32 Å². The zero-order valence-electron chi connectivity index (χ0n) is 12.2. The number of hydrogen-bond donors (Lipinski definition) is 1. The Bertz CT molecular complexity index is 661. The van der Waals surface area contributed by atoms with E-state index in [2.05, 4.69) is 11.2 Å². The number of nitrogens with zero attached hydrogens (tertiary/aromatic N) is 1. The lowest BCUT2D eigenvalue weighted by Crippen LogP contribution is -2.31. The van der Waals surface area contributed by atoms with Crippen LogP contribution >= 0.6 is 0 Å². The molecule has 0 saturated carbocycles. The number of rotatable bonds is 6. The predicted molar refractivity (Wildman–Crippen MR) is 79.5 cm³/mol. The van der Waals surface area contributed by atoms with Crippen molar-refractivity contribution in [1.29, 1.82) is 0 Å². The normalized spacial score (nSPS) is 13.0. The van der Waals surface area contributed by atoms with Crippen molar-refractivity contribution in [1.82, 2.24) is 10.2 Å². The Hall–Kier alpha value is -2.65. The summed E-state index contributed by atoms with van der Waals surface area (Å²) in [5.41, 5.74) is 0.862. The molecular formula is C16H16N2O4. The van der Waals surface area contributed by atoms with Gasteiger partial charge in [-0.3, -0.25) is 19.3 Å². The van der Waals surface area contributed by atoms with Gasteiger partial charge in [0.2, 0.25) is 0 Å². The van der Waals surface area contributed by atoms with Crippen LogP contribution in [0.1, 0.15) is 37.5 Å². The molecule has 1 N–H and O–H groups in total. The number of terminal acetylenes is 1. The molecule has 1 aliphatic rings. The van der Waals surface area contributed by atoms with E-state index in [-0.39, 0.29) is 29.8 Å². The maximum atomic E-state index is 12.3. The van der Waals surface area contributed by atoms with Gasteiger partial charge in [0.15, 0.2) is 0 Å². The summed E-state index contributed by atoms with van der Waals surface area (Å²) < 4.78 is 4.92. The van der Waals surface area contributed by atoms with Crippen molar-refractivity contribution in [2.24, 2.45) is 0 Å². The first-order valence-electron chi connectivity index (χ1n) is 6.81. The fourth-order valence-electron chi connectivity index (χ4n) is 2.24. The van der Waals surface area contributed by atoms with Gasteiger partial charge in [0, 0.05) is 25.8 Å². The molecule has 2 rings (SSSR count). The number of carbonyl (C=O) groups excluding carboxylic acids is 3. The lowest BCUT2D eigenvalue weighted by molar-refractivity contribution is 0.0638. The van der Waals surface area contributed by atoms with E-state index in [1.165, 1.54) is 23.1 Å². The van der Waals surface area contributed by atoms with E-state index in [9.17, 15) is 14.4 Å². The second-order valence-corrected chi connectivity index (χ2v) is 4.76. The maximum absolute atomic E-state index is 12.3. The fourth-order valence-corrected chi connectivity index (χ4v) is 2.24. The van der Waals surface area contributed by atoms with Crippen LogP contribution in [-0.4, -0.2) is 49.4 Å². The van der Waals surface area contributed by atoms with Gasteiger partial charge in [0.25, 0.3) is 17.7 Å². The summed E-state index contributed by atoms with van der Waals surface area (Å²) >= 11 is 0. The number of benzene rings is 1. The molecule has 0 fully saturated rings. The van der Waals surface area contributed by atoms with Gasteiger partial charge < -0.3 is 10.1 Å². The van der Waals surface area contributed by atoms with Crippen LogP contribution in [0, 0.1) is 12.3 Å². The number of fused-ring (bicyclic) bond motifs is 1. The smallest absolute Gasteiger partial charge is 0.261 e. The third-order valence-electron chi connectivity index (χ3n) is 3.31. The van der Waals surface area contributed by atoms with E-state index in [0.717, 1.165) is 0 Å². The van der Waals surface area contributed by atoms with Gasteiger partial charge in [-0.25, -0.2) is 0 Å². The molecule has 3 amide bonds. The Labute approximate surface area is 128 Å². The largest absolute Gasteiger partial charge is 0.385 e. The molecule has 0 radical (unpaired) electrons. The van der Waals surface area contributed by atoms with Crippen molar-refractivity contribution in [3.63, 3.8) is 0 Å². The number of imide groups is 1. The van der Waals surface area contributed by atoms with Gasteiger partial charge in [-0.1, -0.05) is 5.92 Å². The number of amides is 3. The molecule has 1 aromatic rings. The highest BCUT2D eigenvalue weighted by molar-refractivity contribution is 6.22. The first kappa shape index (κ1) is 15.7. The minimum Gasteiger partial charge on any atom is -0.385 e. The lowest BCUT2D eigenvalue weighted by Gasteiger charge is -2.12. The molecule has 0 atom stereocenters. The molecule has 0 aliphatic carbocycles. The van der Waals surface area contributed by atoms with E-state index >= 15 is 0 Å². The van der Waals surface area contributed by atoms with Crippen molar-refractivity contribution < 1.29 is 19.1 Å². The Morgan fingerprint density at radius 3 is 2.73 bits per heavy atom. The summed E-state index contributed by atoms with van der Waals surface area (Å²) in [6.07, 6.45) is 5.65. The molecule has 1 heterocycles. The summed E-state index contributed by atoms with van der Waals surface area (Å²) in [4.78, 5) is 37.5. The van der Waals surface area contributed by atoms with Gasteiger partial charge in [-0.15, -0.1) is 6.42 Å². The number of methoxy groups -OCH3 is 1. The molecule has 0 aromatic heterocycles. The number of nitrogens with one attached hydrogen (secondary N) is 1. The van der Waals surface area contributed by atoms with Crippen molar-refractivity contribution in [2.45, 2.75) is 6.42 Å². The molecule has 114 valence electrons. The second kappa shape index (κ2) is 6.87. The first-order valence-corrected chi connectivity index (χ1v) is 6.81. The number of ether oxygens (including phenoxy) is 1. The van der Waals surface area contributed by atoms with Gasteiger partial charge in [0.05, 0.1) is 17.7 Å². The highest BCUT2D eigenvalue weighted by atomic mass is 16.5. The third-order valence-corrected chi connectivity index (χ3v) is 3.31. The quantitative estimate of drug-likeness (QED) is 0.476. The van der Waals surface area contributed by atoms with Crippen molar-refractivity contribution in [3.8, 4) is 12.3 Å². The van der Waals surface area contributed by atoms with Crippen molar-refractivity contribution in [2.75, 3.05) is 26.8 Å². The molecule has 1 aromatic carbocycles. The Balaban J connectivity index is 2.19. The topological polar surface area (TPSA) is 75.7 Å². The van der Waals surface area contributed by atoms with Crippen LogP contribution in [0.25, 0.3) is 0 Å². The summed E-state index contributed by atoms with van der Waals surface area (Å²) in [7, 11) is 1.56. The van der Waals surface area contributed by atoms with Crippen LogP contribution in [0.5, 0.6) is 0 Å². The van der Waals surface area contributed by atoms with Gasteiger partial charge in [-0.2, -0.15) is 0 Å². The maximum Gasteiger partial charge on any atom is 0.261 e. The molecule has 0 spiro atoms. The van der Waals surface area contributed by atoms with Gasteiger partial charge in [-0.05, 0) is 24.6 Å². The Kier molecular flexibility index (Phi) is 4.92. The zero-order chi connectivity index (χ0) is 16.1. The number of carbonyl (C=O) groups is 3. The van der Waals surface area contributed by atoms with E-state index in [1.807, 2.05) is 0 Å². The SMILES string of the molecule is C#CCNC(=O)c1ccc2c(c1)C(=O)N(CCCOC)C2=O. The van der Waals surface area contributed by atoms with E-state index in [1.54, 1.807) is 7.11 Å². The minimum absolute atomic E-state index is 0.103. The average molecular weight is 300 g/mol. The molecule has 0 saturated heterocycles. The van der Waals surface area contributed by atoms with Crippen LogP contribution in [-0.2, 0) is 4.74 Å². The Morgan fingerprint density at radius 2 is 2.05 bits per heavy atom. The van der Waals surface area contributed by atoms with E-state index in [0.29, 0.717) is 30.7 Å². The molecule has 0 bridgehead atoms. The van der Waals surface area contributed by atoms with Gasteiger partial charge >= 0.3 is 0 Å². The van der Waals surface area contributed by atoms with Crippen LogP contribution in [0.4, 0.5) is 0 Å². The minimum atomic E-state index is -0.386. The number of hydrogen-bond acceptors (Lipinski definition) is 4. The molecule has 0 unspecified atom stereocenters. The molecule has 6 nitrogen and oxygen atoms in total. The van der Waals surface area contributed by atoms with Crippen molar-refractivity contribution in [3.05, 3.63) is 34.9 Å². The first-order chi connectivity index (χ1) is 10.6. The molecule has 22 heavy (non-hydrogen) atoms. The van der Waals surface area contributed by atoms with E-state index in [4.69, 9.17) is 11.2 Å². The van der Waals surface area contributed by atoms with E-state index < -0.39 is 0 Å². The zero-order valence-corrected chi connectivity index (χ0v) is 12.2. The summed E-state index contributed by atoms with van der Waals surface area (Å²) in [5, 5.41) is 2.52. The predicted octanol–water partition coefficient (Wildman–Crippen LogP) is 0.682. The summed E-state index contributed by atoms with van der Waals surface area (Å²) in [6, 6.07) is 4.43. The standard InChI is InChI=1S/C16H16N2O4/c1-3-7-17-14(19)11-5-6-12-13(10-11)16(21)18(15(12)20)8-4-9-22-2/h1,5-6,10H,4,7-9H2,2H3,(H,17,19). The van der Waals surface area contributed by atoms with Crippen LogP contribution in [0.15, 0.2) is 18.2 Å². The average Bonchev–Trinajstić information content (AvgIpc) is 2.77. The summed E-state index contributed by atoms with van der Waals surface area (Å²) in [5.74, 6) is 1.20. The third kappa shape index (κ3) is 3.00. The van der Waals surface area contributed by atoms with Crippen LogP contribution in [0.2, 0.25) is 0 Å². The fraction of sp³-hybridized carbons (Fsp3) is 0.312. The Morgan fingerprint density at radius 1 is 1.32 bits per heavy atom. The lowest BCUT2D eigenvalue weighted by atomic mass is 10.1. The van der Waals surface area contributed by atoms with Crippen molar-refractivity contribution >= 4 is 17.7 Å². The second-order valence-electron chi connectivity index (χ2n) is 4.76.